The Morgan fingerprint density at radius 1 is 1.25 bits per heavy atom. The smallest absolute Gasteiger partial charge is 0.335 e. The molecule has 12 heavy (non-hydrogen) atoms. The molecule has 0 saturated heterocycles. The Kier molecular flexibility index (Phi) is 3.63. The fourth-order valence-corrected chi connectivity index (χ4v) is 0.629. The summed E-state index contributed by atoms with van der Waals surface area (Å²) in [5, 5.41) is 8.31. The predicted octanol–water partition coefficient (Wildman–Crippen LogP) is 2.08. The number of hydrogen-bond donors (Lipinski definition) is 1. The largest absolute Gasteiger partial charge is 0.478 e. The van der Waals surface area contributed by atoms with E-state index in [1.54, 1.807) is 0 Å². The van der Waals surface area contributed by atoms with Crippen molar-refractivity contribution >= 4 is 18.4 Å². The number of aromatic carboxylic acids is 1. The molecule has 0 atom stereocenters. The fourth-order valence-electron chi connectivity index (χ4n) is 0.629. The molecular weight excluding hydrogens is 190 g/mol. The lowest BCUT2D eigenvalue weighted by molar-refractivity contribution is 0.0696. The van der Waals surface area contributed by atoms with Crippen LogP contribution in [0.15, 0.2) is 18.2 Å². The summed E-state index contributed by atoms with van der Waals surface area (Å²) >= 11 is 0. The van der Waals surface area contributed by atoms with Crippen molar-refractivity contribution < 1.29 is 18.7 Å². The van der Waals surface area contributed by atoms with Gasteiger partial charge in [0.25, 0.3) is 0 Å². The van der Waals surface area contributed by atoms with Gasteiger partial charge in [-0.15, -0.1) is 12.4 Å². The predicted molar refractivity (Wildman–Crippen MR) is 40.6 cm³/mol. The zero-order chi connectivity index (χ0) is 8.43. The van der Waals surface area contributed by atoms with Gasteiger partial charge in [-0.05, 0) is 18.2 Å². The molecule has 0 spiro atoms. The summed E-state index contributed by atoms with van der Waals surface area (Å²) in [7, 11) is 0. The van der Waals surface area contributed by atoms with Crippen molar-refractivity contribution in [3.05, 3.63) is 35.4 Å². The first-order chi connectivity index (χ1) is 5.11. The van der Waals surface area contributed by atoms with Crippen molar-refractivity contribution in [3.63, 3.8) is 0 Å². The number of rotatable bonds is 1. The van der Waals surface area contributed by atoms with E-state index in [1.165, 1.54) is 0 Å². The van der Waals surface area contributed by atoms with Crippen LogP contribution >= 0.6 is 12.4 Å². The fraction of sp³-hybridized carbons (Fsp3) is 0. The first-order valence-electron chi connectivity index (χ1n) is 2.79. The number of halogens is 3. The minimum atomic E-state index is -1.27. The van der Waals surface area contributed by atoms with E-state index in [1.807, 2.05) is 0 Å². The van der Waals surface area contributed by atoms with Gasteiger partial charge in [0.05, 0.1) is 5.56 Å². The SMILES string of the molecule is Cl.O=C(O)c1ccc(F)c(F)c1. The van der Waals surface area contributed by atoms with Crippen LogP contribution in [0, 0.1) is 11.6 Å². The van der Waals surface area contributed by atoms with E-state index in [9.17, 15) is 13.6 Å². The van der Waals surface area contributed by atoms with Crippen LogP contribution in [-0.2, 0) is 0 Å². The molecule has 1 N–H and O–H groups in total. The van der Waals surface area contributed by atoms with Crippen LogP contribution in [-0.4, -0.2) is 11.1 Å². The highest BCUT2D eigenvalue weighted by atomic mass is 35.5. The first kappa shape index (κ1) is 10.8. The van der Waals surface area contributed by atoms with Crippen LogP contribution < -0.4 is 0 Å². The minimum absolute atomic E-state index is 0. The molecule has 5 heteroatoms. The molecule has 0 heterocycles. The molecule has 1 aromatic rings. The molecule has 0 aromatic heterocycles. The van der Waals surface area contributed by atoms with E-state index < -0.39 is 17.6 Å². The maximum Gasteiger partial charge on any atom is 0.335 e. The molecule has 0 aliphatic rings. The van der Waals surface area contributed by atoms with Gasteiger partial charge in [0.15, 0.2) is 11.6 Å². The Morgan fingerprint density at radius 2 is 1.83 bits per heavy atom. The molecule has 66 valence electrons. The zero-order valence-electron chi connectivity index (χ0n) is 5.75. The quantitative estimate of drug-likeness (QED) is 0.743. The number of carboxylic acid groups (broad SMARTS) is 1. The third kappa shape index (κ3) is 2.17. The Hall–Kier alpha value is -1.16. The van der Waals surface area contributed by atoms with Crippen LogP contribution in [0.2, 0.25) is 0 Å². The topological polar surface area (TPSA) is 37.3 Å². The molecule has 0 aliphatic carbocycles. The molecule has 1 aromatic carbocycles. The van der Waals surface area contributed by atoms with Crippen molar-refractivity contribution in [1.29, 1.82) is 0 Å². The number of benzene rings is 1. The van der Waals surface area contributed by atoms with Crippen LogP contribution in [0.4, 0.5) is 8.78 Å². The average molecular weight is 195 g/mol. The van der Waals surface area contributed by atoms with Crippen molar-refractivity contribution in [2.24, 2.45) is 0 Å². The summed E-state index contributed by atoms with van der Waals surface area (Å²) in [6.45, 7) is 0. The van der Waals surface area contributed by atoms with Gasteiger partial charge in [0, 0.05) is 0 Å². The van der Waals surface area contributed by atoms with Gasteiger partial charge in [0.2, 0.25) is 0 Å². The van der Waals surface area contributed by atoms with E-state index >= 15 is 0 Å². The third-order valence-corrected chi connectivity index (χ3v) is 1.17. The Morgan fingerprint density at radius 3 is 2.25 bits per heavy atom. The van der Waals surface area contributed by atoms with Crippen LogP contribution in [0.25, 0.3) is 0 Å². The van der Waals surface area contributed by atoms with Crippen molar-refractivity contribution in [2.45, 2.75) is 0 Å². The summed E-state index contributed by atoms with van der Waals surface area (Å²) in [4.78, 5) is 10.2. The van der Waals surface area contributed by atoms with Crippen LogP contribution in [0.5, 0.6) is 0 Å². The first-order valence-corrected chi connectivity index (χ1v) is 2.79. The van der Waals surface area contributed by atoms with Crippen LogP contribution in [0.1, 0.15) is 10.4 Å². The third-order valence-electron chi connectivity index (χ3n) is 1.17. The summed E-state index contributed by atoms with van der Waals surface area (Å²) < 4.78 is 24.5. The van der Waals surface area contributed by atoms with E-state index in [0.717, 1.165) is 12.1 Å². The lowest BCUT2D eigenvalue weighted by atomic mass is 10.2. The normalized spacial score (nSPS) is 8.83. The van der Waals surface area contributed by atoms with Crippen molar-refractivity contribution in [2.75, 3.05) is 0 Å². The summed E-state index contributed by atoms with van der Waals surface area (Å²) in [6, 6.07) is 2.41. The zero-order valence-corrected chi connectivity index (χ0v) is 6.57. The molecule has 0 bridgehead atoms. The van der Waals surface area contributed by atoms with Crippen molar-refractivity contribution in [1.82, 2.24) is 0 Å². The lowest BCUT2D eigenvalue weighted by Crippen LogP contribution is -1.97. The molecular formula is C7H5ClF2O2. The summed E-state index contributed by atoms with van der Waals surface area (Å²) in [5.74, 6) is -3.47. The minimum Gasteiger partial charge on any atom is -0.478 e. The second-order valence-electron chi connectivity index (χ2n) is 1.93. The van der Waals surface area contributed by atoms with Gasteiger partial charge in [-0.3, -0.25) is 0 Å². The van der Waals surface area contributed by atoms with Gasteiger partial charge in [-0.1, -0.05) is 0 Å². The van der Waals surface area contributed by atoms with Gasteiger partial charge in [-0.2, -0.15) is 0 Å². The molecule has 2 nitrogen and oxygen atoms in total. The highest BCUT2D eigenvalue weighted by Crippen LogP contribution is 2.07. The average Bonchev–Trinajstić information content (AvgIpc) is 1.94. The number of carboxylic acids is 1. The van der Waals surface area contributed by atoms with Gasteiger partial charge in [0.1, 0.15) is 0 Å². The molecule has 1 rings (SSSR count). The second-order valence-corrected chi connectivity index (χ2v) is 1.93. The van der Waals surface area contributed by atoms with Gasteiger partial charge < -0.3 is 5.11 Å². The highest BCUT2D eigenvalue weighted by Gasteiger charge is 2.06. The molecule has 0 amide bonds. The summed E-state index contributed by atoms with van der Waals surface area (Å²) in [5.41, 5.74) is -0.260. The molecule has 0 aliphatic heterocycles. The van der Waals surface area contributed by atoms with E-state index in [-0.39, 0.29) is 18.0 Å². The Labute approximate surface area is 73.2 Å². The maximum absolute atomic E-state index is 12.3. The second kappa shape index (κ2) is 4.01. The van der Waals surface area contributed by atoms with E-state index in [2.05, 4.69) is 0 Å². The van der Waals surface area contributed by atoms with Gasteiger partial charge in [-0.25, -0.2) is 13.6 Å². The molecule has 0 radical (unpaired) electrons. The maximum atomic E-state index is 12.3. The molecule has 0 saturated carbocycles. The Balaban J connectivity index is 0.00000121. The standard InChI is InChI=1S/C7H4F2O2.ClH/c8-5-2-1-4(7(10)11)3-6(5)9;/h1-3H,(H,10,11);1H. The highest BCUT2D eigenvalue weighted by molar-refractivity contribution is 5.87. The molecule has 0 fully saturated rings. The van der Waals surface area contributed by atoms with E-state index in [4.69, 9.17) is 5.11 Å². The van der Waals surface area contributed by atoms with Crippen LogP contribution in [0.3, 0.4) is 0 Å². The Bertz CT molecular complexity index is 301. The number of hydrogen-bond acceptors (Lipinski definition) is 1. The van der Waals surface area contributed by atoms with Gasteiger partial charge >= 0.3 is 5.97 Å². The monoisotopic (exact) mass is 194 g/mol. The van der Waals surface area contributed by atoms with E-state index in [0.29, 0.717) is 6.07 Å². The van der Waals surface area contributed by atoms with Crippen molar-refractivity contribution in [3.8, 4) is 0 Å². The molecule has 0 unspecified atom stereocenters. The number of carbonyl (C=O) groups is 1. The summed E-state index contributed by atoms with van der Waals surface area (Å²) in [6.07, 6.45) is 0. The lowest BCUT2D eigenvalue weighted by Gasteiger charge is -1.94.